The summed E-state index contributed by atoms with van der Waals surface area (Å²) in [6, 6.07) is 0. The van der Waals surface area contributed by atoms with Gasteiger partial charge in [-0.05, 0) is 12.8 Å². The van der Waals surface area contributed by atoms with Crippen molar-refractivity contribution in [2.24, 2.45) is 0 Å². The first-order chi connectivity index (χ1) is 9.11. The first kappa shape index (κ1) is 18.0. The van der Waals surface area contributed by atoms with Crippen molar-refractivity contribution >= 4 is 23.5 Å². The molecule has 0 atom stereocenters. The molecule has 0 aromatic carbocycles. The highest BCUT2D eigenvalue weighted by molar-refractivity contribution is 6.42. The van der Waals surface area contributed by atoms with Gasteiger partial charge in [0.25, 0.3) is 0 Å². The molecule has 0 saturated heterocycles. The molecule has 0 bridgehead atoms. The summed E-state index contributed by atoms with van der Waals surface area (Å²) in [5, 5.41) is -0.239. The van der Waals surface area contributed by atoms with Gasteiger partial charge in [-0.2, -0.15) is 0 Å². The van der Waals surface area contributed by atoms with Gasteiger partial charge in [0.15, 0.2) is 0 Å². The fourth-order valence-corrected chi connectivity index (χ4v) is 1.46. The molecule has 0 aliphatic heterocycles. The Bertz CT molecular complexity index is 300. The van der Waals surface area contributed by atoms with E-state index in [-0.39, 0.29) is 5.03 Å². The van der Waals surface area contributed by atoms with E-state index in [0.717, 1.165) is 44.6 Å². The minimum atomic E-state index is -0.678. The molecule has 0 spiro atoms. The first-order valence-electron chi connectivity index (χ1n) is 6.82. The molecule has 110 valence electrons. The van der Waals surface area contributed by atoms with Crippen LogP contribution in [-0.4, -0.2) is 25.2 Å². The van der Waals surface area contributed by atoms with Crippen LogP contribution < -0.4 is 0 Å². The molecule has 0 saturated carbocycles. The lowest BCUT2D eigenvalue weighted by Crippen LogP contribution is -2.09. The molecular weight excluding hydrogens is 268 g/mol. The largest absolute Gasteiger partial charge is 0.462 e. The molecule has 0 fully saturated rings. The predicted octanol–water partition coefficient (Wildman–Crippen LogP) is 3.58. The highest BCUT2D eigenvalue weighted by Gasteiger charge is 2.10. The zero-order chi connectivity index (χ0) is 14.5. The van der Waals surface area contributed by atoms with Crippen LogP contribution >= 0.6 is 11.6 Å². The normalized spacial score (nSPS) is 11.2. The first-order valence-corrected chi connectivity index (χ1v) is 7.20. The van der Waals surface area contributed by atoms with Crippen LogP contribution in [0.2, 0.25) is 0 Å². The number of ether oxygens (including phenoxy) is 2. The Morgan fingerprint density at radius 3 is 2.00 bits per heavy atom. The molecule has 5 heteroatoms. The molecule has 0 radical (unpaired) electrons. The summed E-state index contributed by atoms with van der Waals surface area (Å²) in [5.41, 5.74) is 0. The summed E-state index contributed by atoms with van der Waals surface area (Å²) in [5.74, 6) is -1.28. The van der Waals surface area contributed by atoms with Crippen LogP contribution in [0.3, 0.4) is 0 Å². The van der Waals surface area contributed by atoms with Gasteiger partial charge in [-0.25, -0.2) is 9.59 Å². The number of hydrogen-bond acceptors (Lipinski definition) is 4. The lowest BCUT2D eigenvalue weighted by atomic mass is 10.3. The molecule has 0 aromatic rings. The Morgan fingerprint density at radius 1 is 0.947 bits per heavy atom. The van der Waals surface area contributed by atoms with Gasteiger partial charge < -0.3 is 9.47 Å². The van der Waals surface area contributed by atoms with Crippen LogP contribution in [0, 0.1) is 0 Å². The van der Waals surface area contributed by atoms with Crippen LogP contribution in [0.1, 0.15) is 52.4 Å². The minimum Gasteiger partial charge on any atom is -0.462 e. The number of rotatable bonds is 10. The summed E-state index contributed by atoms with van der Waals surface area (Å²) in [6.07, 6.45) is 6.68. The third-order valence-electron chi connectivity index (χ3n) is 2.41. The molecule has 4 nitrogen and oxygen atoms in total. The second-order valence-corrected chi connectivity index (χ2v) is 4.62. The fourth-order valence-electron chi connectivity index (χ4n) is 1.31. The number of unbranched alkanes of at least 4 members (excludes halogenated alkanes) is 4. The fraction of sp³-hybridized carbons (Fsp3) is 0.714. The molecule has 0 heterocycles. The average Bonchev–Trinajstić information content (AvgIpc) is 2.39. The SMILES string of the molecule is CCCCCOC(=O)/C=C(/Cl)C(=O)OCCCCC. The molecule has 0 amide bonds. The Morgan fingerprint density at radius 2 is 1.47 bits per heavy atom. The van der Waals surface area contributed by atoms with Crippen molar-refractivity contribution in [3.8, 4) is 0 Å². The topological polar surface area (TPSA) is 52.6 Å². The minimum absolute atomic E-state index is 0.239. The van der Waals surface area contributed by atoms with Crippen LogP contribution in [0.5, 0.6) is 0 Å². The Balaban J connectivity index is 3.88. The van der Waals surface area contributed by atoms with E-state index in [1.807, 2.05) is 0 Å². The van der Waals surface area contributed by atoms with Gasteiger partial charge in [-0.15, -0.1) is 0 Å². The summed E-state index contributed by atoms with van der Waals surface area (Å²) >= 11 is 5.66. The van der Waals surface area contributed by atoms with Crippen LogP contribution in [0.15, 0.2) is 11.1 Å². The lowest BCUT2D eigenvalue weighted by Gasteiger charge is -2.03. The molecular formula is C14H23ClO4. The predicted molar refractivity (Wildman–Crippen MR) is 74.9 cm³/mol. The Hall–Kier alpha value is -1.03. The summed E-state index contributed by atoms with van der Waals surface area (Å²) in [6.45, 7) is 4.79. The van der Waals surface area contributed by atoms with Crippen molar-refractivity contribution in [3.05, 3.63) is 11.1 Å². The molecule has 0 rings (SSSR count). The number of carbonyl (C=O) groups is 2. The van der Waals surface area contributed by atoms with Crippen molar-refractivity contribution in [2.75, 3.05) is 13.2 Å². The quantitative estimate of drug-likeness (QED) is 0.351. The van der Waals surface area contributed by atoms with Crippen molar-refractivity contribution in [2.45, 2.75) is 52.4 Å². The van der Waals surface area contributed by atoms with Crippen molar-refractivity contribution in [3.63, 3.8) is 0 Å². The summed E-state index contributed by atoms with van der Waals surface area (Å²) < 4.78 is 9.80. The third kappa shape index (κ3) is 10.6. The second-order valence-electron chi connectivity index (χ2n) is 4.21. The van der Waals surface area contributed by atoms with E-state index in [1.165, 1.54) is 0 Å². The maximum Gasteiger partial charge on any atom is 0.350 e. The van der Waals surface area contributed by atoms with E-state index >= 15 is 0 Å². The van der Waals surface area contributed by atoms with E-state index in [2.05, 4.69) is 13.8 Å². The number of carbonyl (C=O) groups excluding carboxylic acids is 2. The molecule has 0 aromatic heterocycles. The maximum absolute atomic E-state index is 11.4. The van der Waals surface area contributed by atoms with E-state index in [9.17, 15) is 9.59 Å². The third-order valence-corrected chi connectivity index (χ3v) is 2.68. The van der Waals surface area contributed by atoms with Gasteiger partial charge in [-0.3, -0.25) is 0 Å². The highest BCUT2D eigenvalue weighted by Crippen LogP contribution is 2.06. The van der Waals surface area contributed by atoms with Crippen LogP contribution in [0.4, 0.5) is 0 Å². The van der Waals surface area contributed by atoms with Crippen molar-refractivity contribution in [1.29, 1.82) is 0 Å². The standard InChI is InChI=1S/C14H23ClO4/c1-3-5-7-9-18-13(16)11-12(15)14(17)19-10-8-6-4-2/h11H,3-10H2,1-2H3/b12-11+. The Kier molecular flexibility index (Phi) is 11.4. The summed E-state index contributed by atoms with van der Waals surface area (Å²) in [7, 11) is 0. The van der Waals surface area contributed by atoms with E-state index in [0.29, 0.717) is 13.2 Å². The van der Waals surface area contributed by atoms with Crippen molar-refractivity contribution in [1.82, 2.24) is 0 Å². The van der Waals surface area contributed by atoms with Gasteiger partial charge in [-0.1, -0.05) is 51.1 Å². The summed E-state index contributed by atoms with van der Waals surface area (Å²) in [4.78, 5) is 22.7. The molecule has 0 aliphatic rings. The Labute approximate surface area is 120 Å². The number of hydrogen-bond donors (Lipinski definition) is 0. The molecule has 0 unspecified atom stereocenters. The monoisotopic (exact) mass is 290 g/mol. The van der Waals surface area contributed by atoms with Gasteiger partial charge in [0, 0.05) is 6.08 Å². The zero-order valence-corrected chi connectivity index (χ0v) is 12.5. The number of halogens is 1. The van der Waals surface area contributed by atoms with Gasteiger partial charge >= 0.3 is 11.9 Å². The van der Waals surface area contributed by atoms with Gasteiger partial charge in [0.1, 0.15) is 5.03 Å². The van der Waals surface area contributed by atoms with Crippen molar-refractivity contribution < 1.29 is 19.1 Å². The van der Waals surface area contributed by atoms with Gasteiger partial charge in [0.05, 0.1) is 13.2 Å². The van der Waals surface area contributed by atoms with E-state index in [4.69, 9.17) is 21.1 Å². The molecule has 0 aliphatic carbocycles. The van der Waals surface area contributed by atoms with Crippen LogP contribution in [0.25, 0.3) is 0 Å². The van der Waals surface area contributed by atoms with Crippen LogP contribution in [-0.2, 0) is 19.1 Å². The van der Waals surface area contributed by atoms with Gasteiger partial charge in [0.2, 0.25) is 0 Å². The second kappa shape index (κ2) is 12.0. The van der Waals surface area contributed by atoms with E-state index in [1.54, 1.807) is 0 Å². The highest BCUT2D eigenvalue weighted by atomic mass is 35.5. The average molecular weight is 291 g/mol. The maximum atomic E-state index is 11.4. The smallest absolute Gasteiger partial charge is 0.350 e. The lowest BCUT2D eigenvalue weighted by molar-refractivity contribution is -0.141. The number of esters is 2. The molecule has 19 heavy (non-hydrogen) atoms. The van der Waals surface area contributed by atoms with E-state index < -0.39 is 11.9 Å². The zero-order valence-electron chi connectivity index (χ0n) is 11.7. The molecule has 0 N–H and O–H groups in total.